The van der Waals surface area contributed by atoms with Crippen LogP contribution in [0.1, 0.15) is 11.1 Å². The number of carbonyl (C=O) groups is 1. The van der Waals surface area contributed by atoms with Crippen LogP contribution in [-0.2, 0) is 9.84 Å². The third kappa shape index (κ3) is 3.55. The van der Waals surface area contributed by atoms with Gasteiger partial charge in [-0.2, -0.15) is 0 Å². The number of nitrogens with one attached hydrogen (secondary N) is 2. The van der Waals surface area contributed by atoms with Crippen molar-refractivity contribution in [3.05, 3.63) is 48.0 Å². The smallest absolute Gasteiger partial charge is 0.308 e. The molecule has 0 aliphatic carbocycles. The van der Waals surface area contributed by atoms with Crippen molar-refractivity contribution in [3.8, 4) is 0 Å². The molecule has 2 amide bonds. The number of hydrogen-bond acceptors (Lipinski definition) is 4. The Bertz CT molecular complexity index is 809. The summed E-state index contributed by atoms with van der Waals surface area (Å²) in [5, 5.41) is 5.86. The molecular weight excluding hydrogens is 320 g/mol. The summed E-state index contributed by atoms with van der Waals surface area (Å²) in [6.45, 7) is 5.39. The molecule has 1 aromatic heterocycles. The third-order valence-corrected chi connectivity index (χ3v) is 6.03. The molecule has 22 heavy (non-hydrogen) atoms. The zero-order valence-electron chi connectivity index (χ0n) is 12.2. The number of carbonyl (C=O) groups excluding carboxylic acids is 1. The Kier molecular flexibility index (Phi) is 4.68. The maximum Gasteiger partial charge on any atom is 0.324 e. The van der Waals surface area contributed by atoms with Gasteiger partial charge in [0, 0.05) is 17.5 Å². The Balaban J connectivity index is 2.25. The molecule has 0 bridgehead atoms. The largest absolute Gasteiger partial charge is 0.324 e. The Labute approximate surface area is 133 Å². The van der Waals surface area contributed by atoms with Crippen LogP contribution in [0, 0.1) is 6.92 Å². The lowest BCUT2D eigenvalue weighted by Crippen LogP contribution is -2.19. The first-order chi connectivity index (χ1) is 10.3. The van der Waals surface area contributed by atoms with Gasteiger partial charge in [0.1, 0.15) is 9.21 Å². The first-order valence-electron chi connectivity index (χ1n) is 6.42. The van der Waals surface area contributed by atoms with E-state index in [2.05, 4.69) is 17.2 Å². The maximum atomic E-state index is 12.0. The molecule has 1 aromatic carbocycles. The van der Waals surface area contributed by atoms with E-state index in [0.717, 1.165) is 17.6 Å². The predicted octanol–water partition coefficient (Wildman–Crippen LogP) is 3.75. The van der Waals surface area contributed by atoms with E-state index < -0.39 is 15.9 Å². The van der Waals surface area contributed by atoms with Gasteiger partial charge in [-0.05, 0) is 24.6 Å². The molecule has 0 atom stereocenters. The minimum atomic E-state index is -3.37. The highest BCUT2D eigenvalue weighted by atomic mass is 32.2. The van der Waals surface area contributed by atoms with E-state index in [1.165, 1.54) is 6.08 Å². The van der Waals surface area contributed by atoms with Crippen LogP contribution < -0.4 is 10.6 Å². The Morgan fingerprint density at radius 2 is 1.86 bits per heavy atom. The fourth-order valence-corrected chi connectivity index (χ4v) is 4.35. The van der Waals surface area contributed by atoms with E-state index in [1.807, 2.05) is 18.2 Å². The van der Waals surface area contributed by atoms with Gasteiger partial charge in [-0.1, -0.05) is 30.9 Å². The Morgan fingerprint density at radius 3 is 2.36 bits per heavy atom. The number of rotatable bonds is 4. The summed E-state index contributed by atoms with van der Waals surface area (Å²) in [6.07, 6.45) is 2.63. The van der Waals surface area contributed by atoms with Crippen LogP contribution in [0.2, 0.25) is 0 Å². The lowest BCUT2D eigenvalue weighted by atomic mass is 10.2. The number of urea groups is 1. The summed E-state index contributed by atoms with van der Waals surface area (Å²) in [7, 11) is -3.37. The van der Waals surface area contributed by atoms with E-state index >= 15 is 0 Å². The minimum Gasteiger partial charge on any atom is -0.308 e. The van der Waals surface area contributed by atoms with Crippen molar-refractivity contribution in [2.45, 2.75) is 11.1 Å². The van der Waals surface area contributed by atoms with E-state index in [0.29, 0.717) is 21.8 Å². The van der Waals surface area contributed by atoms with Crippen LogP contribution in [-0.4, -0.2) is 20.7 Å². The van der Waals surface area contributed by atoms with Crippen molar-refractivity contribution < 1.29 is 13.2 Å². The summed E-state index contributed by atoms with van der Waals surface area (Å²) < 4.78 is 23.8. The second-order valence-corrected chi connectivity index (χ2v) is 7.91. The Hall–Kier alpha value is -2.12. The lowest BCUT2D eigenvalue weighted by Gasteiger charge is -2.06. The third-order valence-electron chi connectivity index (χ3n) is 2.96. The zero-order valence-corrected chi connectivity index (χ0v) is 13.8. The number of amides is 2. The van der Waals surface area contributed by atoms with Crippen molar-refractivity contribution in [2.24, 2.45) is 0 Å². The molecule has 2 N–H and O–H groups in total. The maximum absolute atomic E-state index is 12.0. The van der Waals surface area contributed by atoms with Crippen molar-refractivity contribution in [3.63, 3.8) is 0 Å². The van der Waals surface area contributed by atoms with E-state index in [-0.39, 0.29) is 4.21 Å². The minimum absolute atomic E-state index is 0.204. The molecule has 0 saturated carbocycles. The van der Waals surface area contributed by atoms with Gasteiger partial charge in [-0.25, -0.2) is 13.2 Å². The van der Waals surface area contributed by atoms with Gasteiger partial charge in [-0.3, -0.25) is 5.32 Å². The molecule has 5 nitrogen and oxygen atoms in total. The Morgan fingerprint density at radius 1 is 1.23 bits per heavy atom. The fourth-order valence-electron chi connectivity index (χ4n) is 1.92. The average Bonchev–Trinajstić information content (AvgIpc) is 2.76. The monoisotopic (exact) mass is 336 g/mol. The number of hydrogen-bond donors (Lipinski definition) is 2. The summed E-state index contributed by atoms with van der Waals surface area (Å²) >= 11 is 1.03. The first kappa shape index (κ1) is 16.3. The number of benzene rings is 1. The summed E-state index contributed by atoms with van der Waals surface area (Å²) in [6, 6.07) is 8.57. The molecule has 0 saturated heterocycles. The molecule has 1 heterocycles. The van der Waals surface area contributed by atoms with Crippen LogP contribution in [0.5, 0.6) is 0 Å². The van der Waals surface area contributed by atoms with Gasteiger partial charge in [0.2, 0.25) is 0 Å². The molecule has 0 unspecified atom stereocenters. The number of sulfone groups is 1. The van der Waals surface area contributed by atoms with Crippen molar-refractivity contribution in [2.75, 3.05) is 16.9 Å². The molecule has 0 aliphatic rings. The van der Waals surface area contributed by atoms with Crippen LogP contribution in [0.25, 0.3) is 6.08 Å². The van der Waals surface area contributed by atoms with E-state index in [1.54, 1.807) is 19.1 Å². The van der Waals surface area contributed by atoms with Crippen molar-refractivity contribution in [1.82, 2.24) is 0 Å². The lowest BCUT2D eigenvalue weighted by molar-refractivity contribution is 0.262. The second-order valence-electron chi connectivity index (χ2n) is 4.68. The quantitative estimate of drug-likeness (QED) is 0.893. The molecule has 0 aliphatic heterocycles. The van der Waals surface area contributed by atoms with Gasteiger partial charge in [-0.15, -0.1) is 11.3 Å². The van der Waals surface area contributed by atoms with Gasteiger partial charge < -0.3 is 5.32 Å². The molecule has 0 spiro atoms. The molecule has 0 radical (unpaired) electrons. The summed E-state index contributed by atoms with van der Waals surface area (Å²) in [4.78, 5) is 12.0. The first-order valence-corrected chi connectivity index (χ1v) is 9.12. The van der Waals surface area contributed by atoms with Crippen LogP contribution in [0.3, 0.4) is 0 Å². The predicted molar refractivity (Wildman–Crippen MR) is 91.3 cm³/mol. The number of thiophene rings is 1. The normalized spacial score (nSPS) is 11.0. The van der Waals surface area contributed by atoms with Crippen molar-refractivity contribution in [1.29, 1.82) is 0 Å². The van der Waals surface area contributed by atoms with Crippen LogP contribution in [0.4, 0.5) is 15.5 Å². The SMILES string of the molecule is C=Cc1c(S(C)(=O)=O)sc(NC(=O)Nc2ccccc2)c1C. The molecule has 7 heteroatoms. The molecule has 116 valence electrons. The molecule has 0 fully saturated rings. The topological polar surface area (TPSA) is 75.3 Å². The van der Waals surface area contributed by atoms with Gasteiger partial charge >= 0.3 is 6.03 Å². The van der Waals surface area contributed by atoms with Gasteiger partial charge in [0.15, 0.2) is 9.84 Å². The molecule has 2 rings (SSSR count). The highest BCUT2D eigenvalue weighted by Crippen LogP contribution is 2.36. The highest BCUT2D eigenvalue weighted by Gasteiger charge is 2.21. The van der Waals surface area contributed by atoms with E-state index in [9.17, 15) is 13.2 Å². The summed E-state index contributed by atoms with van der Waals surface area (Å²) in [5.74, 6) is 0. The molecular formula is C15H16N2O3S2. The molecule has 2 aromatic rings. The standard InChI is InChI=1S/C15H16N2O3S2/c1-4-12-10(2)13(21-14(12)22(3,19)20)17-15(18)16-11-8-6-5-7-9-11/h4-9H,1H2,2-3H3,(H2,16,17,18). The number of anilines is 2. The van der Waals surface area contributed by atoms with Crippen molar-refractivity contribution >= 4 is 44.0 Å². The van der Waals surface area contributed by atoms with Gasteiger partial charge in [0.05, 0.1) is 0 Å². The second kappa shape index (κ2) is 6.33. The fraction of sp³-hybridized carbons (Fsp3) is 0.133. The summed E-state index contributed by atoms with van der Waals surface area (Å²) in [5.41, 5.74) is 1.87. The van der Waals surface area contributed by atoms with E-state index in [4.69, 9.17) is 0 Å². The zero-order chi connectivity index (χ0) is 16.3. The number of para-hydroxylation sites is 1. The van der Waals surface area contributed by atoms with Gasteiger partial charge in [0.25, 0.3) is 0 Å². The average molecular weight is 336 g/mol. The van der Waals surface area contributed by atoms with Crippen LogP contribution >= 0.6 is 11.3 Å². The highest BCUT2D eigenvalue weighted by molar-refractivity contribution is 7.93. The van der Waals surface area contributed by atoms with Crippen LogP contribution in [0.15, 0.2) is 41.1 Å².